The van der Waals surface area contributed by atoms with Crippen molar-refractivity contribution in [2.75, 3.05) is 0 Å². The fraction of sp³-hybridized carbons (Fsp3) is 0.500. The summed E-state index contributed by atoms with van der Waals surface area (Å²) in [5.74, 6) is 0.863. The molecular weight excluding hydrogens is 210 g/mol. The first kappa shape index (κ1) is 12.3. The van der Waals surface area contributed by atoms with E-state index in [0.29, 0.717) is 0 Å². The molecule has 1 rings (SSSR count). The van der Waals surface area contributed by atoms with Crippen LogP contribution in [0.4, 0.5) is 0 Å². The molecule has 0 aromatic carbocycles. The van der Waals surface area contributed by atoms with Gasteiger partial charge in [-0.1, -0.05) is 0 Å². The lowest BCUT2D eigenvalue weighted by molar-refractivity contribution is 0.592. The number of hydrogen-bond donors (Lipinski definition) is 1. The molecule has 0 fully saturated rings. The Hall–Kier alpha value is -0.780. The molecule has 0 amide bonds. The molecule has 15 heavy (non-hydrogen) atoms. The number of imidazole rings is 1. The first-order valence-electron chi connectivity index (χ1n) is 4.76. The predicted octanol–water partition coefficient (Wildman–Crippen LogP) is 1.06. The maximum absolute atomic E-state index is 10.9. The molecule has 84 valence electrons. The maximum atomic E-state index is 10.9. The van der Waals surface area contributed by atoms with Gasteiger partial charge in [-0.05, 0) is 32.9 Å². The summed E-state index contributed by atoms with van der Waals surface area (Å²) in [5.41, 5.74) is 2.15. The number of nitrogens with two attached hydrogens (primary N) is 1. The molecule has 1 heterocycles. The lowest BCUT2D eigenvalue weighted by Crippen LogP contribution is -2.23. The van der Waals surface area contributed by atoms with Crippen LogP contribution < -0.4 is 5.14 Å². The Morgan fingerprint density at radius 3 is 2.53 bits per heavy atom. The van der Waals surface area contributed by atoms with Gasteiger partial charge in [0.1, 0.15) is 5.82 Å². The zero-order chi connectivity index (χ0) is 11.6. The molecule has 1 aromatic rings. The number of hydrogen-bond acceptors (Lipinski definition) is 3. The van der Waals surface area contributed by atoms with E-state index in [-0.39, 0.29) is 5.25 Å². The Labute approximate surface area is 93.5 Å². The second-order valence-electron chi connectivity index (χ2n) is 3.59. The van der Waals surface area contributed by atoms with Gasteiger partial charge in [0, 0.05) is 24.1 Å². The molecular formula is C10H17N3OS. The molecule has 0 spiro atoms. The second kappa shape index (κ2) is 4.83. The van der Waals surface area contributed by atoms with Gasteiger partial charge in [0.2, 0.25) is 0 Å². The highest BCUT2D eigenvalue weighted by Gasteiger charge is 2.09. The third-order valence-corrected chi connectivity index (χ3v) is 3.43. The van der Waals surface area contributed by atoms with Crippen LogP contribution in [0.15, 0.2) is 6.08 Å². The zero-order valence-corrected chi connectivity index (χ0v) is 10.3. The standard InChI is InChI=1S/C10H17N3OS/c1-7(15(11)14)5-6-10-12-8(2)9(3)13(10)4/h5-7H,11H2,1-4H3. The summed E-state index contributed by atoms with van der Waals surface area (Å²) in [7, 11) is 1.96. The molecule has 0 aliphatic rings. The lowest BCUT2D eigenvalue weighted by Gasteiger charge is -2.07. The van der Waals surface area contributed by atoms with Crippen molar-refractivity contribution >= 4 is 17.4 Å². The molecule has 0 radical (unpaired) electrons. The summed E-state index contributed by atoms with van der Waals surface area (Å²) in [4.78, 5) is 4.38. The second-order valence-corrected chi connectivity index (χ2v) is 4.99. The van der Waals surface area contributed by atoms with E-state index in [4.69, 9.17) is 5.14 Å². The molecule has 0 aliphatic heterocycles. The summed E-state index contributed by atoms with van der Waals surface area (Å²) in [6.07, 6.45) is 3.67. The predicted molar refractivity (Wildman–Crippen MR) is 63.5 cm³/mol. The molecule has 0 saturated carbocycles. The molecule has 0 saturated heterocycles. The van der Waals surface area contributed by atoms with Crippen LogP contribution in [0, 0.1) is 13.8 Å². The van der Waals surface area contributed by atoms with E-state index in [1.807, 2.05) is 44.5 Å². The van der Waals surface area contributed by atoms with Crippen LogP contribution in [0.5, 0.6) is 0 Å². The van der Waals surface area contributed by atoms with Crippen LogP contribution in [-0.4, -0.2) is 19.4 Å². The summed E-state index contributed by atoms with van der Waals surface area (Å²) in [6.45, 7) is 5.80. The average molecular weight is 227 g/mol. The average Bonchev–Trinajstić information content (AvgIpc) is 2.42. The van der Waals surface area contributed by atoms with Gasteiger partial charge < -0.3 is 9.12 Å². The Balaban J connectivity index is 2.85. The highest BCUT2D eigenvalue weighted by molar-refractivity contribution is 7.89. The van der Waals surface area contributed by atoms with Crippen molar-refractivity contribution in [3.8, 4) is 0 Å². The van der Waals surface area contributed by atoms with Crippen LogP contribution in [-0.2, 0) is 18.4 Å². The van der Waals surface area contributed by atoms with Crippen molar-refractivity contribution in [3.63, 3.8) is 0 Å². The first-order valence-corrected chi connectivity index (χ1v) is 6.04. The summed E-state index contributed by atoms with van der Waals surface area (Å²) in [6, 6.07) is 0. The minimum Gasteiger partial charge on any atom is -0.598 e. The van der Waals surface area contributed by atoms with Gasteiger partial charge in [0.25, 0.3) is 0 Å². The fourth-order valence-electron chi connectivity index (χ4n) is 1.19. The van der Waals surface area contributed by atoms with Gasteiger partial charge in [0.05, 0.1) is 5.69 Å². The molecule has 5 heteroatoms. The fourth-order valence-corrected chi connectivity index (χ4v) is 1.42. The maximum Gasteiger partial charge on any atom is 0.150 e. The first-order chi connectivity index (χ1) is 6.93. The van der Waals surface area contributed by atoms with Crippen LogP contribution in [0.3, 0.4) is 0 Å². The quantitative estimate of drug-likeness (QED) is 0.785. The van der Waals surface area contributed by atoms with Gasteiger partial charge in [-0.3, -0.25) is 0 Å². The van der Waals surface area contributed by atoms with Gasteiger partial charge >= 0.3 is 0 Å². The largest absolute Gasteiger partial charge is 0.598 e. The molecule has 0 aliphatic carbocycles. The van der Waals surface area contributed by atoms with E-state index < -0.39 is 11.4 Å². The van der Waals surface area contributed by atoms with Crippen molar-refractivity contribution in [2.24, 2.45) is 12.2 Å². The highest BCUT2D eigenvalue weighted by atomic mass is 32.2. The van der Waals surface area contributed by atoms with Crippen molar-refractivity contribution in [3.05, 3.63) is 23.3 Å². The SMILES string of the molecule is Cc1nc(C=CC(C)[S+](N)[O-])n(C)c1C. The van der Waals surface area contributed by atoms with E-state index in [1.54, 1.807) is 0 Å². The minimum atomic E-state index is -1.31. The van der Waals surface area contributed by atoms with Crippen LogP contribution in [0.2, 0.25) is 0 Å². The molecule has 2 N–H and O–H groups in total. The Kier molecular flexibility index (Phi) is 3.96. The number of aryl methyl sites for hydroxylation is 1. The van der Waals surface area contributed by atoms with E-state index >= 15 is 0 Å². The van der Waals surface area contributed by atoms with E-state index in [9.17, 15) is 4.55 Å². The van der Waals surface area contributed by atoms with E-state index in [1.165, 1.54) is 0 Å². The van der Waals surface area contributed by atoms with Crippen molar-refractivity contribution < 1.29 is 4.55 Å². The zero-order valence-electron chi connectivity index (χ0n) is 9.52. The molecule has 4 nitrogen and oxygen atoms in total. The number of rotatable bonds is 3. The lowest BCUT2D eigenvalue weighted by atomic mass is 10.4. The summed E-state index contributed by atoms with van der Waals surface area (Å²) < 4.78 is 12.9. The third-order valence-electron chi connectivity index (χ3n) is 2.54. The summed E-state index contributed by atoms with van der Waals surface area (Å²) in [5, 5.41) is 5.12. The molecule has 2 unspecified atom stereocenters. The van der Waals surface area contributed by atoms with E-state index in [2.05, 4.69) is 4.98 Å². The molecule has 1 aromatic heterocycles. The van der Waals surface area contributed by atoms with Gasteiger partial charge in [0.15, 0.2) is 5.25 Å². The van der Waals surface area contributed by atoms with Gasteiger partial charge in [-0.15, -0.1) is 0 Å². The Bertz CT molecular complexity index is 371. The topological polar surface area (TPSA) is 66.9 Å². The van der Waals surface area contributed by atoms with Crippen molar-refractivity contribution in [2.45, 2.75) is 26.0 Å². The van der Waals surface area contributed by atoms with Crippen LogP contribution in [0.25, 0.3) is 6.08 Å². The van der Waals surface area contributed by atoms with Crippen molar-refractivity contribution in [1.82, 2.24) is 9.55 Å². The number of nitrogens with zero attached hydrogens (tertiary/aromatic N) is 2. The van der Waals surface area contributed by atoms with E-state index in [0.717, 1.165) is 17.2 Å². The normalized spacial score (nSPS) is 15.9. The smallest absolute Gasteiger partial charge is 0.150 e. The van der Waals surface area contributed by atoms with Crippen molar-refractivity contribution in [1.29, 1.82) is 0 Å². The number of aromatic nitrogens is 2. The van der Waals surface area contributed by atoms with Gasteiger partial charge in [-0.2, -0.15) is 5.14 Å². The molecule has 2 atom stereocenters. The Morgan fingerprint density at radius 1 is 1.53 bits per heavy atom. The summed E-state index contributed by atoms with van der Waals surface area (Å²) >= 11 is -1.31. The monoisotopic (exact) mass is 227 g/mol. The minimum absolute atomic E-state index is 0.151. The molecule has 0 bridgehead atoms. The van der Waals surface area contributed by atoms with Gasteiger partial charge in [-0.25, -0.2) is 4.98 Å². The van der Waals surface area contributed by atoms with Crippen LogP contribution >= 0.6 is 0 Å². The van der Waals surface area contributed by atoms with Crippen LogP contribution in [0.1, 0.15) is 24.1 Å². The third kappa shape index (κ3) is 2.84. The highest BCUT2D eigenvalue weighted by Crippen LogP contribution is 2.10. The Morgan fingerprint density at radius 2 is 2.13 bits per heavy atom.